The van der Waals surface area contributed by atoms with Crippen molar-refractivity contribution in [1.29, 1.82) is 0 Å². The van der Waals surface area contributed by atoms with Crippen LogP contribution in [0.4, 0.5) is 0 Å². The highest BCUT2D eigenvalue weighted by molar-refractivity contribution is 6.18. The van der Waals surface area contributed by atoms with E-state index in [1.807, 2.05) is 0 Å². The minimum Gasteiger partial charge on any atom is -0.344 e. The second-order valence-electron chi connectivity index (χ2n) is 16.2. The maximum absolute atomic E-state index is 5.43. The zero-order valence-electron chi connectivity index (χ0n) is 29.1. The van der Waals surface area contributed by atoms with Crippen LogP contribution >= 0.6 is 0 Å². The third-order valence-electron chi connectivity index (χ3n) is 13.7. The zero-order chi connectivity index (χ0) is 34.0. The lowest BCUT2D eigenvalue weighted by Crippen LogP contribution is -2.55. The summed E-state index contributed by atoms with van der Waals surface area (Å²) < 4.78 is 0. The quantitative estimate of drug-likeness (QED) is 0.200. The first-order valence-corrected chi connectivity index (χ1v) is 19.3. The molecule has 7 aromatic carbocycles. The van der Waals surface area contributed by atoms with Gasteiger partial charge in [0.15, 0.2) is 5.84 Å². The lowest BCUT2D eigenvalue weighted by Gasteiger charge is -2.61. The van der Waals surface area contributed by atoms with Crippen molar-refractivity contribution in [3.05, 3.63) is 167 Å². The van der Waals surface area contributed by atoms with Crippen LogP contribution in [0.1, 0.15) is 66.1 Å². The van der Waals surface area contributed by atoms with E-state index in [1.165, 1.54) is 81.1 Å². The number of aliphatic imine (C=N–C) groups is 2. The summed E-state index contributed by atoms with van der Waals surface area (Å²) in [5, 5.41) is 11.4. The number of fused-ring (bicyclic) bond motifs is 6. The van der Waals surface area contributed by atoms with Crippen LogP contribution in [0, 0.1) is 23.7 Å². The topological polar surface area (TPSA) is 36.8 Å². The van der Waals surface area contributed by atoms with Crippen LogP contribution in [0.2, 0.25) is 0 Å². The van der Waals surface area contributed by atoms with E-state index in [0.717, 1.165) is 34.6 Å². The fraction of sp³-hybridized carbons (Fsp3) is 0.224. The monoisotopic (exact) mass is 669 g/mol. The van der Waals surface area contributed by atoms with E-state index in [1.54, 1.807) is 11.1 Å². The van der Waals surface area contributed by atoms with Gasteiger partial charge in [0, 0.05) is 22.1 Å². The molecule has 5 aliphatic carbocycles. The van der Waals surface area contributed by atoms with Crippen molar-refractivity contribution in [3.63, 3.8) is 0 Å². The van der Waals surface area contributed by atoms with Gasteiger partial charge in [-0.15, -0.1) is 0 Å². The molecule has 3 nitrogen and oxygen atoms in total. The first kappa shape index (κ1) is 29.1. The Morgan fingerprint density at radius 2 is 1.12 bits per heavy atom. The number of nitrogens with one attached hydrogen (secondary N) is 1. The molecule has 250 valence electrons. The first-order valence-electron chi connectivity index (χ1n) is 19.3. The predicted octanol–water partition coefficient (Wildman–Crippen LogP) is 11.4. The summed E-state index contributed by atoms with van der Waals surface area (Å²) in [6.45, 7) is 0. The average molecular weight is 670 g/mol. The van der Waals surface area contributed by atoms with Gasteiger partial charge in [-0.1, -0.05) is 121 Å². The molecule has 1 aliphatic heterocycles. The van der Waals surface area contributed by atoms with Gasteiger partial charge in [-0.25, -0.2) is 9.98 Å². The van der Waals surface area contributed by atoms with Crippen molar-refractivity contribution in [2.24, 2.45) is 33.7 Å². The zero-order valence-corrected chi connectivity index (χ0v) is 29.1. The van der Waals surface area contributed by atoms with Crippen LogP contribution in [-0.2, 0) is 5.41 Å². The molecule has 1 N–H and O–H groups in total. The van der Waals surface area contributed by atoms with Gasteiger partial charge in [-0.05, 0) is 129 Å². The molecular formula is C49H39N3. The van der Waals surface area contributed by atoms with Gasteiger partial charge in [0.05, 0.1) is 0 Å². The summed E-state index contributed by atoms with van der Waals surface area (Å²) in [5.74, 6) is 4.86. The maximum Gasteiger partial charge on any atom is 0.160 e. The van der Waals surface area contributed by atoms with Gasteiger partial charge >= 0.3 is 0 Å². The van der Waals surface area contributed by atoms with Crippen LogP contribution in [0.25, 0.3) is 43.4 Å². The van der Waals surface area contributed by atoms with Gasteiger partial charge in [0.1, 0.15) is 12.0 Å². The molecule has 4 bridgehead atoms. The Bertz CT molecular complexity index is 2660. The van der Waals surface area contributed by atoms with Crippen LogP contribution in [0.3, 0.4) is 0 Å². The van der Waals surface area contributed by atoms with Gasteiger partial charge in [-0.3, -0.25) is 0 Å². The van der Waals surface area contributed by atoms with Crippen molar-refractivity contribution in [1.82, 2.24) is 5.32 Å². The van der Waals surface area contributed by atoms with E-state index in [2.05, 4.69) is 145 Å². The summed E-state index contributed by atoms with van der Waals surface area (Å²) >= 11 is 0. The van der Waals surface area contributed by atoms with Gasteiger partial charge in [-0.2, -0.15) is 0 Å². The van der Waals surface area contributed by atoms with Crippen molar-refractivity contribution in [2.45, 2.75) is 43.7 Å². The molecule has 0 aromatic heterocycles. The smallest absolute Gasteiger partial charge is 0.160 e. The molecule has 1 atom stereocenters. The van der Waals surface area contributed by atoms with Crippen molar-refractivity contribution in [3.8, 4) is 11.1 Å². The standard InChI is InChI=1S/C49H39N3/c1-2-12-34-27-45-43(26-33(34)11-1)40-20-19-35(28-44(40)49(45)36-22-29-21-30(24-36)25-37(49)23-29)46-50-47(41-17-7-13-31-9-3-5-15-38(31)41)52-48(51-46)42-18-8-14-32-10-4-6-16-39(32)42/h1-20,26-30,36-37,47H,21-25H2,(H,50,51,52). The number of rotatable bonds is 3. The first-order chi connectivity index (χ1) is 25.7. The van der Waals surface area contributed by atoms with E-state index in [0.29, 0.717) is 11.8 Å². The minimum atomic E-state index is -0.279. The Morgan fingerprint density at radius 1 is 0.500 bits per heavy atom. The summed E-state index contributed by atoms with van der Waals surface area (Å²) in [6.07, 6.45) is 6.63. The number of nitrogens with zero attached hydrogens (tertiary/aromatic N) is 2. The maximum atomic E-state index is 5.43. The molecule has 1 heterocycles. The summed E-state index contributed by atoms with van der Waals surface area (Å²) in [7, 11) is 0. The fourth-order valence-corrected chi connectivity index (χ4v) is 11.8. The predicted molar refractivity (Wildman–Crippen MR) is 214 cm³/mol. The lowest BCUT2D eigenvalue weighted by atomic mass is 9.43. The minimum absolute atomic E-state index is 0.0644. The second-order valence-corrected chi connectivity index (χ2v) is 16.2. The van der Waals surface area contributed by atoms with Crippen molar-refractivity contribution in [2.75, 3.05) is 0 Å². The van der Waals surface area contributed by atoms with E-state index in [9.17, 15) is 0 Å². The van der Waals surface area contributed by atoms with Crippen molar-refractivity contribution < 1.29 is 0 Å². The van der Waals surface area contributed by atoms with Gasteiger partial charge in [0.2, 0.25) is 0 Å². The molecule has 52 heavy (non-hydrogen) atoms. The molecule has 0 amide bonds. The summed E-state index contributed by atoms with van der Waals surface area (Å²) in [5.41, 5.74) is 9.49. The molecule has 1 unspecified atom stereocenters. The SMILES string of the molecule is c1ccc2cc3c(cc2c1)-c1ccc(C2=NC(c4cccc5ccccc45)=NC(c4cccc5ccccc45)N2)cc1C31C2CC3CC(C2)CC1C3. The highest BCUT2D eigenvalue weighted by Crippen LogP contribution is 2.69. The van der Waals surface area contributed by atoms with Gasteiger partial charge in [0.25, 0.3) is 0 Å². The number of amidine groups is 2. The molecule has 13 rings (SSSR count). The fourth-order valence-electron chi connectivity index (χ4n) is 11.8. The molecular weight excluding hydrogens is 631 g/mol. The Hall–Kier alpha value is -5.54. The van der Waals surface area contributed by atoms with E-state index >= 15 is 0 Å². The van der Waals surface area contributed by atoms with Gasteiger partial charge < -0.3 is 5.32 Å². The molecule has 1 spiro atoms. The van der Waals surface area contributed by atoms with E-state index in [-0.39, 0.29) is 11.6 Å². The highest BCUT2D eigenvalue weighted by Gasteiger charge is 2.61. The number of hydrogen-bond donors (Lipinski definition) is 1. The van der Waals surface area contributed by atoms with E-state index < -0.39 is 0 Å². The molecule has 0 saturated heterocycles. The number of hydrogen-bond acceptors (Lipinski definition) is 3. The molecule has 3 heteroatoms. The van der Waals surface area contributed by atoms with Crippen LogP contribution in [0.5, 0.6) is 0 Å². The summed E-state index contributed by atoms with van der Waals surface area (Å²) in [6, 6.07) is 51.7. The Labute approximate surface area is 304 Å². The number of benzene rings is 7. The van der Waals surface area contributed by atoms with Crippen LogP contribution in [0.15, 0.2) is 150 Å². The molecule has 4 saturated carbocycles. The van der Waals surface area contributed by atoms with Crippen LogP contribution < -0.4 is 5.32 Å². The lowest BCUT2D eigenvalue weighted by molar-refractivity contribution is -0.0399. The third kappa shape index (κ3) is 4.02. The second kappa shape index (κ2) is 10.7. The molecule has 4 fully saturated rings. The normalized spacial score (nSPS) is 26.7. The van der Waals surface area contributed by atoms with Crippen LogP contribution in [-0.4, -0.2) is 11.7 Å². The average Bonchev–Trinajstić information content (AvgIpc) is 3.47. The summed E-state index contributed by atoms with van der Waals surface area (Å²) in [4.78, 5) is 10.8. The molecule has 7 aromatic rings. The Kier molecular flexibility index (Phi) is 6.01. The van der Waals surface area contributed by atoms with Crippen molar-refractivity contribution >= 4 is 44.0 Å². The largest absolute Gasteiger partial charge is 0.344 e. The molecule has 6 aliphatic rings. The molecule has 0 radical (unpaired) electrons. The Balaban J connectivity index is 1.07. The third-order valence-corrected chi connectivity index (χ3v) is 13.7. The highest BCUT2D eigenvalue weighted by atomic mass is 15.2. The Morgan fingerprint density at radius 3 is 1.88 bits per heavy atom. The van der Waals surface area contributed by atoms with E-state index in [4.69, 9.17) is 9.98 Å².